The zero-order valence-corrected chi connectivity index (χ0v) is 7.37. The second kappa shape index (κ2) is 2.81. The zero-order chi connectivity index (χ0) is 10.3. The number of H-pyrrole nitrogens is 1. The Morgan fingerprint density at radius 3 is 2.79 bits per heavy atom. The maximum atomic E-state index is 12.2. The lowest BCUT2D eigenvalue weighted by Crippen LogP contribution is -2.07. The largest absolute Gasteiger partial charge is 0.433 e. The van der Waals surface area contributed by atoms with Gasteiger partial charge in [0.2, 0.25) is 0 Å². The summed E-state index contributed by atoms with van der Waals surface area (Å²) in [6, 6.07) is 0.856. The van der Waals surface area contributed by atoms with Crippen molar-refractivity contribution in [1.29, 1.82) is 0 Å². The van der Waals surface area contributed by atoms with Crippen molar-refractivity contribution in [2.75, 3.05) is 0 Å². The first-order valence-electron chi connectivity index (χ1n) is 3.53. The Morgan fingerprint density at radius 1 is 1.43 bits per heavy atom. The maximum absolute atomic E-state index is 12.2. The molecule has 0 radical (unpaired) electrons. The van der Waals surface area contributed by atoms with Crippen LogP contribution in [0.5, 0.6) is 0 Å². The molecule has 0 aliphatic carbocycles. The SMILES string of the molecule is FC(F)(F)c1cc2[nH]c(=S)oc2cn1. The number of nitrogens with one attached hydrogen (secondary N) is 1. The molecule has 1 N–H and O–H groups in total. The number of alkyl halides is 3. The summed E-state index contributed by atoms with van der Waals surface area (Å²) < 4.78 is 41.4. The molecule has 14 heavy (non-hydrogen) atoms. The molecular formula is C7H3F3N2OS. The molecule has 0 aromatic carbocycles. The molecule has 0 atom stereocenters. The minimum atomic E-state index is -4.46. The molecule has 0 fully saturated rings. The van der Waals surface area contributed by atoms with Gasteiger partial charge in [0.15, 0.2) is 5.58 Å². The first kappa shape index (κ1) is 9.20. The number of fused-ring (bicyclic) bond motifs is 1. The third-order valence-electron chi connectivity index (χ3n) is 1.60. The van der Waals surface area contributed by atoms with E-state index in [0.717, 1.165) is 12.3 Å². The second-order valence-corrected chi connectivity index (χ2v) is 2.95. The lowest BCUT2D eigenvalue weighted by Gasteiger charge is -2.03. The number of pyridine rings is 1. The number of hydrogen-bond donors (Lipinski definition) is 1. The number of hydrogen-bond acceptors (Lipinski definition) is 3. The smallest absolute Gasteiger partial charge is 0.428 e. The molecule has 0 amide bonds. The maximum Gasteiger partial charge on any atom is 0.433 e. The van der Waals surface area contributed by atoms with Gasteiger partial charge in [0.05, 0.1) is 11.7 Å². The van der Waals surface area contributed by atoms with E-state index in [1.54, 1.807) is 0 Å². The van der Waals surface area contributed by atoms with Gasteiger partial charge in [0.1, 0.15) is 5.69 Å². The van der Waals surface area contributed by atoms with E-state index in [2.05, 4.69) is 22.2 Å². The van der Waals surface area contributed by atoms with Gasteiger partial charge in [-0.15, -0.1) is 0 Å². The van der Waals surface area contributed by atoms with Crippen LogP contribution in [0.15, 0.2) is 16.7 Å². The van der Waals surface area contributed by atoms with Gasteiger partial charge in [-0.3, -0.25) is 0 Å². The van der Waals surface area contributed by atoms with Crippen molar-refractivity contribution in [3.63, 3.8) is 0 Å². The Kier molecular flexibility index (Phi) is 1.84. The molecule has 0 saturated heterocycles. The third-order valence-corrected chi connectivity index (χ3v) is 1.78. The van der Waals surface area contributed by atoms with E-state index in [9.17, 15) is 13.2 Å². The Labute approximate surface area is 80.6 Å². The Hall–Kier alpha value is -1.37. The normalized spacial score (nSPS) is 12.2. The van der Waals surface area contributed by atoms with Crippen molar-refractivity contribution in [2.45, 2.75) is 6.18 Å². The molecule has 2 heterocycles. The molecule has 7 heteroatoms. The summed E-state index contributed by atoms with van der Waals surface area (Å²) in [5, 5.41) is 0. The zero-order valence-electron chi connectivity index (χ0n) is 6.55. The molecular weight excluding hydrogens is 217 g/mol. The van der Waals surface area contributed by atoms with Gasteiger partial charge in [0, 0.05) is 0 Å². The molecule has 3 nitrogen and oxygen atoms in total. The van der Waals surface area contributed by atoms with E-state index in [1.165, 1.54) is 0 Å². The molecule has 0 saturated carbocycles. The van der Waals surface area contributed by atoms with E-state index in [0.29, 0.717) is 0 Å². The van der Waals surface area contributed by atoms with E-state index >= 15 is 0 Å². The molecule has 0 aliphatic heterocycles. The highest BCUT2D eigenvalue weighted by atomic mass is 32.1. The van der Waals surface area contributed by atoms with Crippen LogP contribution in [0.3, 0.4) is 0 Å². The Morgan fingerprint density at radius 2 is 2.14 bits per heavy atom. The Bertz CT molecular complexity index is 527. The van der Waals surface area contributed by atoms with Crippen LogP contribution in [0, 0.1) is 4.84 Å². The molecule has 0 aliphatic rings. The summed E-state index contributed by atoms with van der Waals surface area (Å²) in [4.78, 5) is 5.71. The fraction of sp³-hybridized carbons (Fsp3) is 0.143. The topological polar surface area (TPSA) is 41.8 Å². The van der Waals surface area contributed by atoms with Crippen molar-refractivity contribution in [3.05, 3.63) is 22.8 Å². The Balaban J connectivity index is 2.67. The number of aromatic nitrogens is 2. The summed E-state index contributed by atoms with van der Waals surface area (Å²) in [5.74, 6) is 0. The number of halogens is 3. The van der Waals surface area contributed by atoms with Crippen molar-refractivity contribution in [1.82, 2.24) is 9.97 Å². The van der Waals surface area contributed by atoms with E-state index < -0.39 is 11.9 Å². The summed E-state index contributed by atoms with van der Waals surface area (Å²) in [6.45, 7) is 0. The predicted molar refractivity (Wildman–Crippen MR) is 44.2 cm³/mol. The second-order valence-electron chi connectivity index (χ2n) is 2.58. The highest BCUT2D eigenvalue weighted by Gasteiger charge is 2.32. The average molecular weight is 220 g/mol. The standard InChI is InChI=1S/C7H3F3N2OS/c8-7(9,10)5-1-3-4(2-11-5)13-6(14)12-3/h1-2H,(H,12,14). The van der Waals surface area contributed by atoms with Crippen LogP contribution in [0.4, 0.5) is 13.2 Å². The molecule has 0 unspecified atom stereocenters. The van der Waals surface area contributed by atoms with Crippen LogP contribution in [-0.2, 0) is 6.18 Å². The van der Waals surface area contributed by atoms with Gasteiger partial charge in [0.25, 0.3) is 4.84 Å². The van der Waals surface area contributed by atoms with Crippen LogP contribution in [0.2, 0.25) is 0 Å². The number of nitrogens with zero attached hydrogens (tertiary/aromatic N) is 1. The molecule has 2 rings (SSSR count). The number of aromatic amines is 1. The van der Waals surface area contributed by atoms with Gasteiger partial charge in [-0.25, -0.2) is 4.98 Å². The predicted octanol–water partition coefficient (Wildman–Crippen LogP) is 2.90. The molecule has 2 aromatic heterocycles. The van der Waals surface area contributed by atoms with Crippen LogP contribution < -0.4 is 0 Å². The average Bonchev–Trinajstić information content (AvgIpc) is 2.41. The third kappa shape index (κ3) is 1.50. The fourth-order valence-electron chi connectivity index (χ4n) is 1.01. The summed E-state index contributed by atoms with van der Waals surface area (Å²) in [6.07, 6.45) is -3.47. The lowest BCUT2D eigenvalue weighted by atomic mass is 10.3. The van der Waals surface area contributed by atoms with Crippen LogP contribution in [-0.4, -0.2) is 9.97 Å². The van der Waals surface area contributed by atoms with Crippen molar-refractivity contribution in [3.8, 4) is 0 Å². The van der Waals surface area contributed by atoms with Crippen molar-refractivity contribution < 1.29 is 17.6 Å². The van der Waals surface area contributed by atoms with Gasteiger partial charge < -0.3 is 9.40 Å². The molecule has 0 bridgehead atoms. The first-order chi connectivity index (χ1) is 6.47. The fourth-order valence-corrected chi connectivity index (χ4v) is 1.21. The highest BCUT2D eigenvalue weighted by Crippen LogP contribution is 2.29. The monoisotopic (exact) mass is 220 g/mol. The molecule has 74 valence electrons. The van der Waals surface area contributed by atoms with Gasteiger partial charge in [-0.2, -0.15) is 13.2 Å². The van der Waals surface area contributed by atoms with Crippen LogP contribution >= 0.6 is 12.2 Å². The van der Waals surface area contributed by atoms with Gasteiger partial charge in [-0.05, 0) is 18.3 Å². The molecule has 2 aromatic rings. The van der Waals surface area contributed by atoms with Crippen molar-refractivity contribution >= 4 is 23.3 Å². The minimum absolute atomic E-state index is 0.0288. The first-order valence-corrected chi connectivity index (χ1v) is 3.94. The summed E-state index contributed by atoms with van der Waals surface area (Å²) in [7, 11) is 0. The number of oxazole rings is 1. The van der Waals surface area contributed by atoms with E-state index in [-0.39, 0.29) is 15.9 Å². The van der Waals surface area contributed by atoms with Crippen LogP contribution in [0.1, 0.15) is 5.69 Å². The highest BCUT2D eigenvalue weighted by molar-refractivity contribution is 7.71. The minimum Gasteiger partial charge on any atom is -0.428 e. The summed E-state index contributed by atoms with van der Waals surface area (Å²) in [5.41, 5.74) is -0.572. The van der Waals surface area contributed by atoms with E-state index in [4.69, 9.17) is 4.42 Å². The van der Waals surface area contributed by atoms with E-state index in [1.807, 2.05) is 0 Å². The summed E-state index contributed by atoms with van der Waals surface area (Å²) >= 11 is 4.62. The number of rotatable bonds is 0. The van der Waals surface area contributed by atoms with Crippen LogP contribution in [0.25, 0.3) is 11.1 Å². The molecule has 0 spiro atoms. The quantitative estimate of drug-likeness (QED) is 0.694. The van der Waals surface area contributed by atoms with Crippen molar-refractivity contribution in [2.24, 2.45) is 0 Å². The van der Waals surface area contributed by atoms with Gasteiger partial charge >= 0.3 is 6.18 Å². The van der Waals surface area contributed by atoms with Gasteiger partial charge in [-0.1, -0.05) is 0 Å². The lowest BCUT2D eigenvalue weighted by molar-refractivity contribution is -0.141.